The second kappa shape index (κ2) is 9.27. The van der Waals surface area contributed by atoms with E-state index in [9.17, 15) is 24.0 Å². The first-order chi connectivity index (χ1) is 12.8. The maximum absolute atomic E-state index is 13.0. The molecule has 0 saturated heterocycles. The first-order valence-electron chi connectivity index (χ1n) is 7.46. The SMILES string of the molecule is COC(=O)/C=C(\C(=O)OC)C(C(=O)OC)(C(=O)C(=O)OC)c1ccccc1. The standard InChI is InChI=1S/C18H18O9/c1-24-13(19)10-12(15(21)25-2)18(17(23)27-4,14(20)16(22)26-3)11-8-6-5-7-9-11/h5-10H,1-4H3/b12-10+. The number of benzene rings is 1. The third-order valence-electron chi connectivity index (χ3n) is 3.68. The van der Waals surface area contributed by atoms with Gasteiger partial charge < -0.3 is 18.9 Å². The van der Waals surface area contributed by atoms with E-state index in [1.807, 2.05) is 0 Å². The Morgan fingerprint density at radius 1 is 0.778 bits per heavy atom. The highest BCUT2D eigenvalue weighted by atomic mass is 16.5. The van der Waals surface area contributed by atoms with Crippen molar-refractivity contribution in [1.82, 2.24) is 0 Å². The highest BCUT2D eigenvalue weighted by Crippen LogP contribution is 2.36. The van der Waals surface area contributed by atoms with Gasteiger partial charge in [-0.3, -0.25) is 9.59 Å². The number of carbonyl (C=O) groups is 5. The van der Waals surface area contributed by atoms with Gasteiger partial charge >= 0.3 is 23.9 Å². The number of rotatable bonds is 7. The zero-order valence-electron chi connectivity index (χ0n) is 15.1. The van der Waals surface area contributed by atoms with Gasteiger partial charge in [-0.2, -0.15) is 0 Å². The summed E-state index contributed by atoms with van der Waals surface area (Å²) in [4.78, 5) is 62.0. The Balaban J connectivity index is 4.04. The number of methoxy groups -OCH3 is 4. The molecule has 0 fully saturated rings. The molecule has 0 saturated carbocycles. The molecule has 0 radical (unpaired) electrons. The van der Waals surface area contributed by atoms with E-state index in [1.165, 1.54) is 24.3 Å². The number of esters is 4. The number of carbonyl (C=O) groups excluding carboxylic acids is 5. The summed E-state index contributed by atoms with van der Waals surface area (Å²) in [7, 11) is 3.88. The molecule has 0 aliphatic heterocycles. The van der Waals surface area contributed by atoms with Gasteiger partial charge in [0, 0.05) is 6.08 Å². The monoisotopic (exact) mass is 378 g/mol. The molecule has 0 aliphatic carbocycles. The molecule has 0 amide bonds. The summed E-state index contributed by atoms with van der Waals surface area (Å²) in [6.07, 6.45) is 0.594. The molecule has 1 atom stereocenters. The van der Waals surface area contributed by atoms with Crippen LogP contribution in [0.3, 0.4) is 0 Å². The van der Waals surface area contributed by atoms with Gasteiger partial charge in [-0.15, -0.1) is 0 Å². The molecule has 0 spiro atoms. The van der Waals surface area contributed by atoms with Crippen molar-refractivity contribution in [2.75, 3.05) is 28.4 Å². The lowest BCUT2D eigenvalue weighted by molar-refractivity contribution is -0.161. The van der Waals surface area contributed by atoms with Crippen LogP contribution in [0.15, 0.2) is 42.0 Å². The molecule has 1 unspecified atom stereocenters. The van der Waals surface area contributed by atoms with Crippen molar-refractivity contribution < 1.29 is 42.9 Å². The summed E-state index contributed by atoms with van der Waals surface area (Å²) in [6.45, 7) is 0. The fourth-order valence-electron chi connectivity index (χ4n) is 2.42. The summed E-state index contributed by atoms with van der Waals surface area (Å²) < 4.78 is 18.2. The van der Waals surface area contributed by atoms with Gasteiger partial charge in [0.1, 0.15) is 0 Å². The van der Waals surface area contributed by atoms with Crippen molar-refractivity contribution in [3.8, 4) is 0 Å². The van der Waals surface area contributed by atoms with Gasteiger partial charge in [-0.05, 0) is 5.56 Å². The van der Waals surface area contributed by atoms with Crippen molar-refractivity contribution in [2.45, 2.75) is 5.41 Å². The average molecular weight is 378 g/mol. The number of Topliss-reactive ketones (excluding diaryl/α,β-unsaturated/α-hetero) is 1. The highest BCUT2D eigenvalue weighted by molar-refractivity contribution is 6.44. The van der Waals surface area contributed by atoms with Gasteiger partial charge in [0.15, 0.2) is 5.41 Å². The van der Waals surface area contributed by atoms with Crippen molar-refractivity contribution in [1.29, 1.82) is 0 Å². The predicted octanol–water partition coefficient (Wildman–Crippen LogP) is 0.112. The van der Waals surface area contributed by atoms with Gasteiger partial charge in [-0.1, -0.05) is 30.3 Å². The lowest BCUT2D eigenvalue weighted by Gasteiger charge is -2.30. The highest BCUT2D eigenvalue weighted by Gasteiger charge is 2.57. The Hall–Kier alpha value is -3.49. The molecule has 1 rings (SSSR count). The minimum Gasteiger partial charge on any atom is -0.468 e. The second-order valence-corrected chi connectivity index (χ2v) is 5.00. The lowest BCUT2D eigenvalue weighted by Crippen LogP contribution is -2.52. The van der Waals surface area contributed by atoms with Crippen molar-refractivity contribution in [3.63, 3.8) is 0 Å². The smallest absolute Gasteiger partial charge is 0.376 e. The topological polar surface area (TPSA) is 122 Å². The van der Waals surface area contributed by atoms with E-state index in [4.69, 9.17) is 4.74 Å². The fraction of sp³-hybridized carbons (Fsp3) is 0.278. The van der Waals surface area contributed by atoms with Crippen LogP contribution in [0, 0.1) is 0 Å². The van der Waals surface area contributed by atoms with Crippen LogP contribution in [0.1, 0.15) is 5.56 Å². The summed E-state index contributed by atoms with van der Waals surface area (Å²) in [6, 6.07) is 7.13. The quantitative estimate of drug-likeness (QED) is 0.214. The third-order valence-corrected chi connectivity index (χ3v) is 3.68. The molecule has 9 heteroatoms. The van der Waals surface area contributed by atoms with E-state index in [-0.39, 0.29) is 5.56 Å². The van der Waals surface area contributed by atoms with E-state index in [2.05, 4.69) is 14.2 Å². The molecule has 0 aromatic heterocycles. The molecular weight excluding hydrogens is 360 g/mol. The van der Waals surface area contributed by atoms with Gasteiger partial charge in [0.2, 0.25) is 0 Å². The van der Waals surface area contributed by atoms with Gasteiger partial charge in [0.25, 0.3) is 5.78 Å². The fourth-order valence-corrected chi connectivity index (χ4v) is 2.42. The van der Waals surface area contributed by atoms with Crippen LogP contribution in [0.2, 0.25) is 0 Å². The molecular formula is C18H18O9. The van der Waals surface area contributed by atoms with Gasteiger partial charge in [0.05, 0.1) is 34.0 Å². The lowest BCUT2D eigenvalue weighted by atomic mass is 9.70. The van der Waals surface area contributed by atoms with Crippen LogP contribution in [0.5, 0.6) is 0 Å². The minimum absolute atomic E-state index is 0.104. The Labute approximate surface area is 154 Å². The maximum Gasteiger partial charge on any atom is 0.376 e. The number of ketones is 1. The molecule has 144 valence electrons. The van der Waals surface area contributed by atoms with Crippen molar-refractivity contribution in [2.24, 2.45) is 0 Å². The number of hydrogen-bond donors (Lipinski definition) is 0. The van der Waals surface area contributed by atoms with Crippen LogP contribution < -0.4 is 0 Å². The first kappa shape index (κ1) is 21.6. The molecule has 1 aromatic rings. The third kappa shape index (κ3) is 4.02. The predicted molar refractivity (Wildman–Crippen MR) is 89.3 cm³/mol. The first-order valence-corrected chi connectivity index (χ1v) is 7.46. The van der Waals surface area contributed by atoms with Crippen molar-refractivity contribution in [3.05, 3.63) is 47.5 Å². The van der Waals surface area contributed by atoms with Crippen LogP contribution in [0.25, 0.3) is 0 Å². The molecule has 1 aromatic carbocycles. The maximum atomic E-state index is 13.0. The number of hydrogen-bond acceptors (Lipinski definition) is 9. The molecule has 0 bridgehead atoms. The molecule has 0 heterocycles. The van der Waals surface area contributed by atoms with Crippen LogP contribution in [-0.2, 0) is 48.3 Å². The summed E-state index contributed by atoms with van der Waals surface area (Å²) in [5, 5.41) is 0. The summed E-state index contributed by atoms with van der Waals surface area (Å²) >= 11 is 0. The van der Waals surface area contributed by atoms with Crippen LogP contribution >= 0.6 is 0 Å². The van der Waals surface area contributed by atoms with Crippen LogP contribution in [-0.4, -0.2) is 58.1 Å². The zero-order valence-corrected chi connectivity index (χ0v) is 15.1. The van der Waals surface area contributed by atoms with E-state index < -0.39 is 40.6 Å². The molecule has 0 aliphatic rings. The Bertz CT molecular complexity index is 779. The summed E-state index contributed by atoms with van der Waals surface area (Å²) in [5.74, 6) is -6.43. The number of ether oxygens (including phenoxy) is 4. The summed E-state index contributed by atoms with van der Waals surface area (Å²) in [5.41, 5.74) is -3.50. The Morgan fingerprint density at radius 2 is 1.33 bits per heavy atom. The van der Waals surface area contributed by atoms with Crippen LogP contribution in [0.4, 0.5) is 0 Å². The minimum atomic E-state index is -2.63. The Kier molecular flexibility index (Phi) is 7.40. The normalized spacial score (nSPS) is 13.0. The van der Waals surface area contributed by atoms with E-state index >= 15 is 0 Å². The van der Waals surface area contributed by atoms with E-state index in [1.54, 1.807) is 6.07 Å². The molecule has 9 nitrogen and oxygen atoms in total. The Morgan fingerprint density at radius 3 is 1.78 bits per heavy atom. The molecule has 27 heavy (non-hydrogen) atoms. The molecule has 0 N–H and O–H groups in total. The van der Waals surface area contributed by atoms with Crippen molar-refractivity contribution >= 4 is 29.7 Å². The average Bonchev–Trinajstić information content (AvgIpc) is 2.72. The largest absolute Gasteiger partial charge is 0.468 e. The zero-order chi connectivity index (χ0) is 20.6. The van der Waals surface area contributed by atoms with E-state index in [0.717, 1.165) is 28.4 Å². The second-order valence-electron chi connectivity index (χ2n) is 5.00. The van der Waals surface area contributed by atoms with Gasteiger partial charge in [-0.25, -0.2) is 14.4 Å². The van der Waals surface area contributed by atoms with E-state index in [0.29, 0.717) is 6.08 Å².